The largest absolute Gasteiger partial charge is 0.293 e. The Balaban J connectivity index is 2.64. The molecule has 0 atom stereocenters. The van der Waals surface area contributed by atoms with Crippen molar-refractivity contribution >= 4 is 0 Å². The Morgan fingerprint density at radius 3 is 2.69 bits per heavy atom. The third-order valence-electron chi connectivity index (χ3n) is 2.20. The van der Waals surface area contributed by atoms with E-state index < -0.39 is 0 Å². The highest BCUT2D eigenvalue weighted by atomic mass is 16.1. The SMILES string of the molecule is CCc1cc(=O)[nH]c(-n2[nH]c(C)cc2=O)n1. The van der Waals surface area contributed by atoms with Gasteiger partial charge in [0.2, 0.25) is 5.95 Å². The van der Waals surface area contributed by atoms with Gasteiger partial charge in [-0.3, -0.25) is 19.7 Å². The minimum atomic E-state index is -0.263. The summed E-state index contributed by atoms with van der Waals surface area (Å²) in [5.41, 5.74) is 0.863. The zero-order valence-electron chi connectivity index (χ0n) is 9.07. The maximum absolute atomic E-state index is 11.5. The lowest BCUT2D eigenvalue weighted by molar-refractivity contribution is 0.757. The van der Waals surface area contributed by atoms with Crippen LogP contribution in [0.3, 0.4) is 0 Å². The molecule has 2 rings (SSSR count). The third-order valence-corrected chi connectivity index (χ3v) is 2.20. The number of nitrogens with one attached hydrogen (secondary N) is 2. The van der Waals surface area contributed by atoms with Crippen molar-refractivity contribution < 1.29 is 0 Å². The molecule has 0 aliphatic heterocycles. The van der Waals surface area contributed by atoms with E-state index in [0.717, 1.165) is 5.69 Å². The summed E-state index contributed by atoms with van der Waals surface area (Å²) in [6, 6.07) is 2.86. The fourth-order valence-electron chi connectivity index (χ4n) is 1.45. The summed E-state index contributed by atoms with van der Waals surface area (Å²) in [5.74, 6) is 0.224. The van der Waals surface area contributed by atoms with Crippen LogP contribution in [0.5, 0.6) is 0 Å². The van der Waals surface area contributed by atoms with Crippen molar-refractivity contribution in [3.8, 4) is 5.95 Å². The normalized spacial score (nSPS) is 10.6. The van der Waals surface area contributed by atoms with Crippen molar-refractivity contribution in [3.05, 3.63) is 44.2 Å². The van der Waals surface area contributed by atoms with Crippen molar-refractivity contribution in [2.45, 2.75) is 20.3 Å². The summed E-state index contributed by atoms with van der Waals surface area (Å²) >= 11 is 0. The van der Waals surface area contributed by atoms with Gasteiger partial charge in [-0.25, -0.2) is 4.98 Å². The summed E-state index contributed by atoms with van der Waals surface area (Å²) in [6.45, 7) is 3.66. The molecule has 2 aromatic heterocycles. The molecule has 0 unspecified atom stereocenters. The molecule has 0 aliphatic carbocycles. The summed E-state index contributed by atoms with van der Waals surface area (Å²) in [6.07, 6.45) is 0.644. The molecule has 0 aromatic carbocycles. The molecule has 0 aliphatic rings. The number of nitrogens with zero attached hydrogens (tertiary/aromatic N) is 2. The minimum Gasteiger partial charge on any atom is -0.293 e. The van der Waals surface area contributed by atoms with Gasteiger partial charge in [0.05, 0.1) is 0 Å². The van der Waals surface area contributed by atoms with Gasteiger partial charge in [-0.05, 0) is 13.3 Å². The van der Waals surface area contributed by atoms with E-state index in [1.54, 1.807) is 6.92 Å². The summed E-state index contributed by atoms with van der Waals surface area (Å²) in [7, 11) is 0. The highest BCUT2D eigenvalue weighted by molar-refractivity contribution is 5.15. The highest BCUT2D eigenvalue weighted by Gasteiger charge is 2.06. The van der Waals surface area contributed by atoms with Crippen LogP contribution in [0.1, 0.15) is 18.3 Å². The molecule has 6 nitrogen and oxygen atoms in total. The average Bonchev–Trinajstić information content (AvgIpc) is 2.57. The van der Waals surface area contributed by atoms with E-state index >= 15 is 0 Å². The molecule has 0 saturated carbocycles. The number of aromatic nitrogens is 4. The van der Waals surface area contributed by atoms with Crippen LogP contribution >= 0.6 is 0 Å². The maximum atomic E-state index is 11.5. The third kappa shape index (κ3) is 1.81. The second-order valence-corrected chi connectivity index (χ2v) is 3.53. The van der Waals surface area contributed by atoms with Crippen LogP contribution in [0.4, 0.5) is 0 Å². The molecule has 0 saturated heterocycles. The predicted octanol–water partition coefficient (Wildman–Crippen LogP) is 0.120. The molecule has 2 aromatic rings. The molecule has 0 fully saturated rings. The molecular formula is C10H12N4O2. The Bertz CT molecular complexity index is 620. The van der Waals surface area contributed by atoms with E-state index in [1.807, 2.05) is 6.92 Å². The lowest BCUT2D eigenvalue weighted by Gasteiger charge is -2.02. The Kier molecular flexibility index (Phi) is 2.47. The molecule has 84 valence electrons. The molecule has 0 bridgehead atoms. The number of aryl methyl sites for hydroxylation is 2. The Morgan fingerprint density at radius 2 is 2.12 bits per heavy atom. The molecule has 6 heteroatoms. The lowest BCUT2D eigenvalue weighted by atomic mass is 10.3. The van der Waals surface area contributed by atoms with Gasteiger partial charge in [0, 0.05) is 23.5 Å². The van der Waals surface area contributed by atoms with Crippen molar-refractivity contribution in [2.24, 2.45) is 0 Å². The Labute approximate surface area is 91.0 Å². The molecule has 16 heavy (non-hydrogen) atoms. The van der Waals surface area contributed by atoms with Gasteiger partial charge in [0.15, 0.2) is 0 Å². The van der Waals surface area contributed by atoms with Crippen LogP contribution in [-0.2, 0) is 6.42 Å². The van der Waals surface area contributed by atoms with Crippen molar-refractivity contribution in [1.82, 2.24) is 19.7 Å². The fourth-order valence-corrected chi connectivity index (χ4v) is 1.45. The van der Waals surface area contributed by atoms with E-state index in [-0.39, 0.29) is 17.1 Å². The first-order chi connectivity index (χ1) is 7.60. The number of hydrogen-bond donors (Lipinski definition) is 2. The van der Waals surface area contributed by atoms with Crippen LogP contribution in [-0.4, -0.2) is 19.7 Å². The zero-order chi connectivity index (χ0) is 11.7. The van der Waals surface area contributed by atoms with Gasteiger partial charge < -0.3 is 0 Å². The van der Waals surface area contributed by atoms with Gasteiger partial charge >= 0.3 is 0 Å². The molecular weight excluding hydrogens is 208 g/mol. The fraction of sp³-hybridized carbons (Fsp3) is 0.300. The van der Waals surface area contributed by atoms with E-state index in [0.29, 0.717) is 12.1 Å². The topological polar surface area (TPSA) is 83.5 Å². The van der Waals surface area contributed by atoms with Crippen LogP contribution in [0, 0.1) is 6.92 Å². The summed E-state index contributed by atoms with van der Waals surface area (Å²) < 4.78 is 1.22. The monoisotopic (exact) mass is 220 g/mol. The zero-order valence-corrected chi connectivity index (χ0v) is 9.07. The second kappa shape index (κ2) is 3.80. The van der Waals surface area contributed by atoms with Crippen LogP contribution < -0.4 is 11.1 Å². The first kappa shape index (κ1) is 10.4. The van der Waals surface area contributed by atoms with Gasteiger partial charge in [-0.1, -0.05) is 6.92 Å². The quantitative estimate of drug-likeness (QED) is 0.754. The summed E-state index contributed by atoms with van der Waals surface area (Å²) in [4.78, 5) is 29.5. The molecule has 0 radical (unpaired) electrons. The number of H-pyrrole nitrogens is 2. The number of aromatic amines is 2. The molecule has 2 heterocycles. The maximum Gasteiger partial charge on any atom is 0.274 e. The van der Waals surface area contributed by atoms with Crippen LogP contribution in [0.15, 0.2) is 21.7 Å². The number of hydrogen-bond acceptors (Lipinski definition) is 3. The predicted molar refractivity (Wildman–Crippen MR) is 58.9 cm³/mol. The molecule has 0 amide bonds. The van der Waals surface area contributed by atoms with Crippen LogP contribution in [0.2, 0.25) is 0 Å². The average molecular weight is 220 g/mol. The van der Waals surface area contributed by atoms with E-state index in [9.17, 15) is 9.59 Å². The van der Waals surface area contributed by atoms with E-state index in [1.165, 1.54) is 16.8 Å². The Morgan fingerprint density at radius 1 is 1.38 bits per heavy atom. The van der Waals surface area contributed by atoms with E-state index in [2.05, 4.69) is 15.1 Å². The number of rotatable bonds is 2. The Hall–Kier alpha value is -2.11. The lowest BCUT2D eigenvalue weighted by Crippen LogP contribution is -2.21. The van der Waals surface area contributed by atoms with Crippen molar-refractivity contribution in [1.29, 1.82) is 0 Å². The summed E-state index contributed by atoms with van der Waals surface area (Å²) in [5, 5.41) is 2.81. The van der Waals surface area contributed by atoms with E-state index in [4.69, 9.17) is 0 Å². The highest BCUT2D eigenvalue weighted by Crippen LogP contribution is 1.97. The van der Waals surface area contributed by atoms with Crippen molar-refractivity contribution in [3.63, 3.8) is 0 Å². The molecule has 2 N–H and O–H groups in total. The van der Waals surface area contributed by atoms with Crippen molar-refractivity contribution in [2.75, 3.05) is 0 Å². The smallest absolute Gasteiger partial charge is 0.274 e. The van der Waals surface area contributed by atoms with Gasteiger partial charge in [-0.2, -0.15) is 4.68 Å². The van der Waals surface area contributed by atoms with Gasteiger partial charge in [-0.15, -0.1) is 0 Å². The van der Waals surface area contributed by atoms with Gasteiger partial charge in [0.1, 0.15) is 0 Å². The first-order valence-electron chi connectivity index (χ1n) is 4.99. The second-order valence-electron chi connectivity index (χ2n) is 3.53. The first-order valence-corrected chi connectivity index (χ1v) is 4.99. The van der Waals surface area contributed by atoms with Gasteiger partial charge in [0.25, 0.3) is 11.1 Å². The minimum absolute atomic E-state index is 0.224. The standard InChI is InChI=1S/C10H12N4O2/c1-3-7-5-8(15)12-10(11-7)14-9(16)4-6(2)13-14/h4-5,13H,3H2,1-2H3,(H,11,12,15). The molecule has 0 spiro atoms. The van der Waals surface area contributed by atoms with Crippen LogP contribution in [0.25, 0.3) is 5.95 Å².